The number of para-hydroxylation sites is 1. The quantitative estimate of drug-likeness (QED) is 0.744. The Morgan fingerprint density at radius 1 is 1.25 bits per heavy atom. The molecule has 2 saturated carbocycles. The summed E-state index contributed by atoms with van der Waals surface area (Å²) in [6.45, 7) is 2.12. The van der Waals surface area contributed by atoms with Gasteiger partial charge in [0.1, 0.15) is 0 Å². The minimum absolute atomic E-state index is 0.151. The van der Waals surface area contributed by atoms with Gasteiger partial charge in [0.2, 0.25) is 5.91 Å². The van der Waals surface area contributed by atoms with Gasteiger partial charge < -0.3 is 11.1 Å². The SMILES string of the molecule is Nc1ccccc1CN(CC(=O)NCC1CC1)C1CC1. The zero-order valence-electron chi connectivity index (χ0n) is 11.8. The standard InChI is InChI=1S/C16H23N3O/c17-15-4-2-1-3-13(15)10-19(14-7-8-14)11-16(20)18-9-12-5-6-12/h1-4,12,14H,5-11,17H2,(H,18,20). The van der Waals surface area contributed by atoms with Gasteiger partial charge in [0, 0.05) is 24.8 Å². The average molecular weight is 273 g/mol. The van der Waals surface area contributed by atoms with Gasteiger partial charge in [0.25, 0.3) is 0 Å². The number of hydrogen-bond donors (Lipinski definition) is 2. The number of carbonyl (C=O) groups excluding carboxylic acids is 1. The number of rotatable bonds is 7. The van der Waals surface area contributed by atoms with Crippen LogP contribution in [0.4, 0.5) is 5.69 Å². The molecule has 0 aromatic heterocycles. The lowest BCUT2D eigenvalue weighted by molar-refractivity contribution is -0.122. The highest BCUT2D eigenvalue weighted by molar-refractivity contribution is 5.78. The molecule has 108 valence electrons. The molecule has 2 aliphatic carbocycles. The lowest BCUT2D eigenvalue weighted by Gasteiger charge is -2.22. The van der Waals surface area contributed by atoms with Gasteiger partial charge in [-0.15, -0.1) is 0 Å². The van der Waals surface area contributed by atoms with E-state index in [4.69, 9.17) is 5.73 Å². The number of hydrogen-bond acceptors (Lipinski definition) is 3. The molecule has 1 amide bonds. The van der Waals surface area contributed by atoms with Gasteiger partial charge in [-0.05, 0) is 43.2 Å². The molecule has 0 heterocycles. The first kappa shape index (κ1) is 13.4. The van der Waals surface area contributed by atoms with Crippen molar-refractivity contribution in [3.05, 3.63) is 29.8 Å². The van der Waals surface area contributed by atoms with Crippen LogP contribution in [0.25, 0.3) is 0 Å². The Balaban J connectivity index is 1.55. The maximum Gasteiger partial charge on any atom is 0.234 e. The molecule has 0 aliphatic heterocycles. The first-order chi connectivity index (χ1) is 9.72. The average Bonchev–Trinajstić information content (AvgIpc) is 3.30. The van der Waals surface area contributed by atoms with Gasteiger partial charge >= 0.3 is 0 Å². The lowest BCUT2D eigenvalue weighted by Crippen LogP contribution is -2.38. The van der Waals surface area contributed by atoms with Crippen molar-refractivity contribution in [1.29, 1.82) is 0 Å². The number of nitrogens with one attached hydrogen (secondary N) is 1. The van der Waals surface area contributed by atoms with Gasteiger partial charge in [-0.25, -0.2) is 0 Å². The summed E-state index contributed by atoms with van der Waals surface area (Å²) in [6, 6.07) is 8.48. The summed E-state index contributed by atoms with van der Waals surface area (Å²) in [7, 11) is 0. The zero-order chi connectivity index (χ0) is 13.9. The maximum absolute atomic E-state index is 12.0. The summed E-state index contributed by atoms with van der Waals surface area (Å²) in [5.41, 5.74) is 7.94. The van der Waals surface area contributed by atoms with E-state index < -0.39 is 0 Å². The van der Waals surface area contributed by atoms with Crippen LogP contribution in [0.2, 0.25) is 0 Å². The molecule has 1 aromatic rings. The second-order valence-electron chi connectivity index (χ2n) is 6.08. The highest BCUT2D eigenvalue weighted by atomic mass is 16.2. The Morgan fingerprint density at radius 2 is 2.00 bits per heavy atom. The van der Waals surface area contributed by atoms with Crippen molar-refractivity contribution in [3.8, 4) is 0 Å². The number of carbonyl (C=O) groups is 1. The van der Waals surface area contributed by atoms with E-state index in [-0.39, 0.29) is 5.91 Å². The van der Waals surface area contributed by atoms with E-state index in [2.05, 4.69) is 10.2 Å². The molecule has 3 rings (SSSR count). The normalized spacial score (nSPS) is 18.2. The van der Waals surface area contributed by atoms with Crippen molar-refractivity contribution in [2.45, 2.75) is 38.3 Å². The van der Waals surface area contributed by atoms with Crippen molar-refractivity contribution in [2.24, 2.45) is 5.92 Å². The number of nitrogens with two attached hydrogens (primary N) is 1. The van der Waals surface area contributed by atoms with Crippen LogP contribution in [0.15, 0.2) is 24.3 Å². The Kier molecular flexibility index (Phi) is 3.92. The van der Waals surface area contributed by atoms with Crippen molar-refractivity contribution >= 4 is 11.6 Å². The molecular formula is C16H23N3O. The summed E-state index contributed by atoms with van der Waals surface area (Å²) < 4.78 is 0. The van der Waals surface area contributed by atoms with E-state index in [0.717, 1.165) is 30.3 Å². The predicted molar refractivity (Wildman–Crippen MR) is 80.0 cm³/mol. The third-order valence-corrected chi connectivity index (χ3v) is 4.12. The number of nitrogens with zero attached hydrogens (tertiary/aromatic N) is 1. The van der Waals surface area contributed by atoms with Crippen molar-refractivity contribution in [2.75, 3.05) is 18.8 Å². The van der Waals surface area contributed by atoms with E-state index in [1.54, 1.807) is 0 Å². The highest BCUT2D eigenvalue weighted by Crippen LogP contribution is 2.29. The first-order valence-corrected chi connectivity index (χ1v) is 7.56. The third-order valence-electron chi connectivity index (χ3n) is 4.12. The predicted octanol–water partition coefficient (Wildman–Crippen LogP) is 1.76. The summed E-state index contributed by atoms with van der Waals surface area (Å²) in [4.78, 5) is 14.3. The first-order valence-electron chi connectivity index (χ1n) is 7.56. The lowest BCUT2D eigenvalue weighted by atomic mass is 10.1. The number of benzene rings is 1. The Labute approximate surface area is 120 Å². The molecule has 2 aliphatic rings. The molecule has 0 bridgehead atoms. The van der Waals surface area contributed by atoms with Crippen LogP contribution in [0.1, 0.15) is 31.2 Å². The summed E-state index contributed by atoms with van der Waals surface area (Å²) in [6.07, 6.45) is 4.94. The number of nitrogen functional groups attached to an aromatic ring is 1. The monoisotopic (exact) mass is 273 g/mol. The minimum atomic E-state index is 0.151. The number of amides is 1. The molecule has 4 nitrogen and oxygen atoms in total. The van der Waals surface area contributed by atoms with Crippen LogP contribution in [0.3, 0.4) is 0 Å². The van der Waals surface area contributed by atoms with Crippen molar-refractivity contribution < 1.29 is 4.79 Å². The van der Waals surface area contributed by atoms with Gasteiger partial charge in [-0.3, -0.25) is 9.69 Å². The van der Waals surface area contributed by atoms with E-state index in [9.17, 15) is 4.79 Å². The van der Waals surface area contributed by atoms with Crippen LogP contribution >= 0.6 is 0 Å². The van der Waals surface area contributed by atoms with Crippen LogP contribution in [-0.2, 0) is 11.3 Å². The largest absolute Gasteiger partial charge is 0.398 e. The molecule has 3 N–H and O–H groups in total. The Morgan fingerprint density at radius 3 is 2.65 bits per heavy atom. The highest BCUT2D eigenvalue weighted by Gasteiger charge is 2.31. The molecule has 2 fully saturated rings. The van der Waals surface area contributed by atoms with E-state index in [1.807, 2.05) is 24.3 Å². The second kappa shape index (κ2) is 5.83. The molecular weight excluding hydrogens is 250 g/mol. The smallest absolute Gasteiger partial charge is 0.234 e. The maximum atomic E-state index is 12.0. The topological polar surface area (TPSA) is 58.4 Å². The van der Waals surface area contributed by atoms with Gasteiger partial charge in [-0.2, -0.15) is 0 Å². The molecule has 0 radical (unpaired) electrons. The van der Waals surface area contributed by atoms with E-state index in [1.165, 1.54) is 25.7 Å². The minimum Gasteiger partial charge on any atom is -0.398 e. The fourth-order valence-corrected chi connectivity index (χ4v) is 2.47. The molecule has 0 spiro atoms. The number of anilines is 1. The van der Waals surface area contributed by atoms with Crippen LogP contribution in [0, 0.1) is 5.92 Å². The Hall–Kier alpha value is -1.55. The second-order valence-corrected chi connectivity index (χ2v) is 6.08. The van der Waals surface area contributed by atoms with Gasteiger partial charge in [0.15, 0.2) is 0 Å². The molecule has 4 heteroatoms. The van der Waals surface area contributed by atoms with E-state index >= 15 is 0 Å². The van der Waals surface area contributed by atoms with Crippen LogP contribution in [0.5, 0.6) is 0 Å². The molecule has 20 heavy (non-hydrogen) atoms. The van der Waals surface area contributed by atoms with Crippen LogP contribution < -0.4 is 11.1 Å². The van der Waals surface area contributed by atoms with Crippen molar-refractivity contribution in [3.63, 3.8) is 0 Å². The van der Waals surface area contributed by atoms with E-state index in [0.29, 0.717) is 12.6 Å². The molecule has 0 unspecified atom stereocenters. The molecule has 1 aromatic carbocycles. The fraction of sp³-hybridized carbons (Fsp3) is 0.562. The van der Waals surface area contributed by atoms with Gasteiger partial charge in [0.05, 0.1) is 6.54 Å². The molecule has 0 saturated heterocycles. The summed E-state index contributed by atoms with van der Waals surface area (Å²) in [5.74, 6) is 0.886. The van der Waals surface area contributed by atoms with Crippen molar-refractivity contribution in [1.82, 2.24) is 10.2 Å². The van der Waals surface area contributed by atoms with Gasteiger partial charge in [-0.1, -0.05) is 18.2 Å². The summed E-state index contributed by atoms with van der Waals surface area (Å²) in [5, 5.41) is 3.05. The third kappa shape index (κ3) is 3.73. The summed E-state index contributed by atoms with van der Waals surface area (Å²) >= 11 is 0. The zero-order valence-corrected chi connectivity index (χ0v) is 11.8. The molecule has 0 atom stereocenters. The fourth-order valence-electron chi connectivity index (χ4n) is 2.47. The van der Waals surface area contributed by atoms with Crippen LogP contribution in [-0.4, -0.2) is 29.9 Å². The Bertz CT molecular complexity index is 480.